The molecule has 2 nitrogen and oxygen atoms in total. The number of hydrogen-bond acceptors (Lipinski definition) is 3. The van der Waals surface area contributed by atoms with Gasteiger partial charge in [0.05, 0.1) is 11.3 Å². The van der Waals surface area contributed by atoms with Crippen LogP contribution in [-0.2, 0) is 0 Å². The zero-order valence-electron chi connectivity index (χ0n) is 7.24. The molecule has 0 fully saturated rings. The third-order valence-corrected chi connectivity index (χ3v) is 3.66. The molecule has 1 aromatic carbocycles. The van der Waals surface area contributed by atoms with Gasteiger partial charge in [-0.05, 0) is 6.07 Å². The average Bonchev–Trinajstić information content (AvgIpc) is 2.66. The van der Waals surface area contributed by atoms with E-state index in [2.05, 4.69) is 0 Å². The molecule has 1 aromatic heterocycles. The molecular formula is C11H6O2S. The second-order valence-electron chi connectivity index (χ2n) is 3.33. The summed E-state index contributed by atoms with van der Waals surface area (Å²) in [5.41, 5.74) is 0.649. The summed E-state index contributed by atoms with van der Waals surface area (Å²) in [6, 6.07) is 7.66. The molecule has 0 amide bonds. The maximum Gasteiger partial charge on any atom is 0.181 e. The molecular weight excluding hydrogens is 196 g/mol. The zero-order valence-corrected chi connectivity index (χ0v) is 8.06. The lowest BCUT2D eigenvalue weighted by Crippen LogP contribution is -1.92. The first-order chi connectivity index (χ1) is 6.77. The molecule has 1 aliphatic carbocycles. The smallest absolute Gasteiger partial charge is 0.181 e. The summed E-state index contributed by atoms with van der Waals surface area (Å²) in [6.07, 6.45) is 0.0615. The summed E-state index contributed by atoms with van der Waals surface area (Å²) in [7, 11) is 0. The molecule has 1 heterocycles. The molecule has 0 spiro atoms. The standard InChI is InChI=1S/C11H6O2S/c12-7-5-8(13)11-10(7)6-3-1-2-4-9(6)14-11/h1-4H,5H2. The van der Waals surface area contributed by atoms with E-state index in [1.807, 2.05) is 24.3 Å². The molecule has 68 valence electrons. The Hall–Kier alpha value is -1.48. The molecule has 0 aliphatic heterocycles. The van der Waals surface area contributed by atoms with Crippen molar-refractivity contribution in [1.29, 1.82) is 0 Å². The molecule has 0 atom stereocenters. The van der Waals surface area contributed by atoms with Crippen LogP contribution in [0.1, 0.15) is 26.5 Å². The maximum absolute atomic E-state index is 11.5. The van der Waals surface area contributed by atoms with E-state index in [0.717, 1.165) is 10.1 Å². The van der Waals surface area contributed by atoms with Crippen molar-refractivity contribution in [3.05, 3.63) is 34.7 Å². The van der Waals surface area contributed by atoms with E-state index in [0.29, 0.717) is 10.4 Å². The minimum Gasteiger partial charge on any atom is -0.294 e. The minimum atomic E-state index is -0.0255. The van der Waals surface area contributed by atoms with Gasteiger partial charge in [-0.3, -0.25) is 9.59 Å². The highest BCUT2D eigenvalue weighted by atomic mass is 32.1. The quantitative estimate of drug-likeness (QED) is 0.615. The Morgan fingerprint density at radius 3 is 2.71 bits per heavy atom. The Morgan fingerprint density at radius 1 is 1.07 bits per heavy atom. The van der Waals surface area contributed by atoms with Gasteiger partial charge in [-0.25, -0.2) is 0 Å². The Labute approximate surface area is 84.2 Å². The van der Waals surface area contributed by atoms with Crippen LogP contribution in [0.2, 0.25) is 0 Å². The zero-order chi connectivity index (χ0) is 9.71. The number of rotatable bonds is 0. The lowest BCUT2D eigenvalue weighted by Gasteiger charge is -1.90. The topological polar surface area (TPSA) is 34.1 Å². The van der Waals surface area contributed by atoms with E-state index in [1.54, 1.807) is 0 Å². The summed E-state index contributed by atoms with van der Waals surface area (Å²) >= 11 is 1.43. The lowest BCUT2D eigenvalue weighted by atomic mass is 10.1. The summed E-state index contributed by atoms with van der Waals surface area (Å²) in [5, 5.41) is 0.934. The van der Waals surface area contributed by atoms with E-state index >= 15 is 0 Å². The van der Waals surface area contributed by atoms with Gasteiger partial charge in [-0.2, -0.15) is 0 Å². The van der Waals surface area contributed by atoms with Crippen LogP contribution in [0.4, 0.5) is 0 Å². The number of carbonyl (C=O) groups is 2. The van der Waals surface area contributed by atoms with Gasteiger partial charge in [-0.1, -0.05) is 18.2 Å². The van der Waals surface area contributed by atoms with Gasteiger partial charge in [0.25, 0.3) is 0 Å². The molecule has 3 heteroatoms. The van der Waals surface area contributed by atoms with Crippen molar-refractivity contribution in [3.63, 3.8) is 0 Å². The maximum atomic E-state index is 11.5. The summed E-state index contributed by atoms with van der Waals surface area (Å²) in [6.45, 7) is 0. The highest BCUT2D eigenvalue weighted by Crippen LogP contribution is 2.36. The van der Waals surface area contributed by atoms with Gasteiger partial charge in [0.15, 0.2) is 11.6 Å². The Morgan fingerprint density at radius 2 is 1.86 bits per heavy atom. The lowest BCUT2D eigenvalue weighted by molar-refractivity contribution is 0.0924. The van der Waals surface area contributed by atoms with Crippen molar-refractivity contribution in [2.45, 2.75) is 6.42 Å². The van der Waals surface area contributed by atoms with Crippen molar-refractivity contribution < 1.29 is 9.59 Å². The van der Waals surface area contributed by atoms with Crippen LogP contribution in [0.5, 0.6) is 0 Å². The number of carbonyl (C=O) groups excluding carboxylic acids is 2. The second kappa shape index (κ2) is 2.51. The SMILES string of the molecule is O=C1CC(=O)c2c1sc1ccccc21. The highest BCUT2D eigenvalue weighted by Gasteiger charge is 2.31. The van der Waals surface area contributed by atoms with E-state index in [4.69, 9.17) is 0 Å². The van der Waals surface area contributed by atoms with Gasteiger partial charge in [0.2, 0.25) is 0 Å². The van der Waals surface area contributed by atoms with E-state index in [9.17, 15) is 9.59 Å². The Kier molecular flexibility index (Phi) is 1.42. The molecule has 2 aromatic rings. The molecule has 0 radical (unpaired) electrons. The molecule has 14 heavy (non-hydrogen) atoms. The van der Waals surface area contributed by atoms with Crippen LogP contribution >= 0.6 is 11.3 Å². The molecule has 0 bridgehead atoms. The predicted molar refractivity (Wildman–Crippen MR) is 55.1 cm³/mol. The molecule has 1 aliphatic rings. The average molecular weight is 202 g/mol. The van der Waals surface area contributed by atoms with Crippen LogP contribution in [0.25, 0.3) is 10.1 Å². The molecule has 0 saturated carbocycles. The normalized spacial score (nSPS) is 15.1. The van der Waals surface area contributed by atoms with Gasteiger partial charge >= 0.3 is 0 Å². The van der Waals surface area contributed by atoms with Gasteiger partial charge in [-0.15, -0.1) is 11.3 Å². The van der Waals surface area contributed by atoms with E-state index < -0.39 is 0 Å². The first-order valence-electron chi connectivity index (χ1n) is 4.35. The van der Waals surface area contributed by atoms with E-state index in [-0.39, 0.29) is 18.0 Å². The van der Waals surface area contributed by atoms with Crippen LogP contribution in [0.15, 0.2) is 24.3 Å². The van der Waals surface area contributed by atoms with Gasteiger partial charge in [0, 0.05) is 15.6 Å². The molecule has 0 unspecified atom stereocenters. The number of benzene rings is 1. The monoisotopic (exact) mass is 202 g/mol. The largest absolute Gasteiger partial charge is 0.294 e. The highest BCUT2D eigenvalue weighted by molar-refractivity contribution is 7.21. The third-order valence-electron chi connectivity index (χ3n) is 2.45. The minimum absolute atomic E-state index is 0.0220. The first-order valence-corrected chi connectivity index (χ1v) is 5.17. The van der Waals surface area contributed by atoms with Crippen LogP contribution < -0.4 is 0 Å². The summed E-state index contributed by atoms with van der Waals surface area (Å²) in [4.78, 5) is 23.6. The van der Waals surface area contributed by atoms with Crippen LogP contribution in [-0.4, -0.2) is 11.6 Å². The van der Waals surface area contributed by atoms with Crippen molar-refractivity contribution >= 4 is 33.0 Å². The van der Waals surface area contributed by atoms with Crippen LogP contribution in [0, 0.1) is 0 Å². The Balaban J connectivity index is 2.49. The number of thiophene rings is 1. The fourth-order valence-corrected chi connectivity index (χ4v) is 2.99. The van der Waals surface area contributed by atoms with Crippen molar-refractivity contribution in [2.24, 2.45) is 0 Å². The van der Waals surface area contributed by atoms with Crippen molar-refractivity contribution in [1.82, 2.24) is 0 Å². The first kappa shape index (κ1) is 7.88. The second-order valence-corrected chi connectivity index (χ2v) is 4.38. The van der Waals surface area contributed by atoms with E-state index in [1.165, 1.54) is 11.3 Å². The fourth-order valence-electron chi connectivity index (χ4n) is 1.83. The van der Waals surface area contributed by atoms with Crippen molar-refractivity contribution in [3.8, 4) is 0 Å². The molecule has 0 N–H and O–H groups in total. The van der Waals surface area contributed by atoms with Crippen LogP contribution in [0.3, 0.4) is 0 Å². The predicted octanol–water partition coefficient (Wildman–Crippen LogP) is 2.67. The fraction of sp³-hybridized carbons (Fsp3) is 0.0909. The van der Waals surface area contributed by atoms with Crippen molar-refractivity contribution in [2.75, 3.05) is 0 Å². The number of fused-ring (bicyclic) bond motifs is 3. The van der Waals surface area contributed by atoms with Gasteiger partial charge in [0.1, 0.15) is 0 Å². The number of ketones is 2. The summed E-state index contributed by atoms with van der Waals surface area (Å²) < 4.78 is 1.03. The molecule has 3 rings (SSSR count). The number of Topliss-reactive ketones (excluding diaryl/α,β-unsaturated/α-hetero) is 2. The number of hydrogen-bond donors (Lipinski definition) is 0. The third kappa shape index (κ3) is 0.849. The Bertz CT molecular complexity index is 566. The molecule has 0 saturated heterocycles. The van der Waals surface area contributed by atoms with Gasteiger partial charge < -0.3 is 0 Å². The summed E-state index contributed by atoms with van der Waals surface area (Å²) in [5.74, 6) is -0.0475.